The van der Waals surface area contributed by atoms with Gasteiger partial charge in [0.25, 0.3) is 0 Å². The van der Waals surface area contributed by atoms with E-state index in [9.17, 15) is 5.26 Å². The molecule has 1 aromatic carbocycles. The first-order valence-corrected chi connectivity index (χ1v) is 6.60. The molecule has 0 bridgehead atoms. The molecule has 1 rings (SSSR count). The number of nitriles is 1. The van der Waals surface area contributed by atoms with Crippen molar-refractivity contribution in [2.24, 2.45) is 0 Å². The average Bonchev–Trinajstić information content (AvgIpc) is 2.51. The third-order valence-electron chi connectivity index (χ3n) is 3.33. The highest BCUT2D eigenvalue weighted by Gasteiger charge is 2.23. The standard InChI is InChI=1S/C15H22N2O3/c1-6-17(7-2)12(10-16)11-8-14(19-4)15(20-5)9-13(11)18-3/h8-9,12H,6-7H2,1-5H3. The van der Waals surface area contributed by atoms with Crippen molar-refractivity contribution in [1.82, 2.24) is 4.90 Å². The minimum atomic E-state index is -0.375. The zero-order chi connectivity index (χ0) is 15.1. The highest BCUT2D eigenvalue weighted by molar-refractivity contribution is 5.52. The van der Waals surface area contributed by atoms with Crippen LogP contribution in [-0.4, -0.2) is 39.3 Å². The molecule has 0 aliphatic carbocycles. The van der Waals surface area contributed by atoms with E-state index in [-0.39, 0.29) is 6.04 Å². The summed E-state index contributed by atoms with van der Waals surface area (Å²) in [6.45, 7) is 5.63. The third kappa shape index (κ3) is 3.14. The summed E-state index contributed by atoms with van der Waals surface area (Å²) in [6, 6.07) is 5.52. The Hall–Kier alpha value is -1.93. The molecule has 5 nitrogen and oxygen atoms in total. The largest absolute Gasteiger partial charge is 0.496 e. The molecule has 0 amide bonds. The van der Waals surface area contributed by atoms with Crippen molar-refractivity contribution in [1.29, 1.82) is 5.26 Å². The molecule has 1 aromatic rings. The number of methoxy groups -OCH3 is 3. The Balaban J connectivity index is 3.37. The van der Waals surface area contributed by atoms with Crippen LogP contribution < -0.4 is 14.2 Å². The SMILES string of the molecule is CCN(CC)C(C#N)c1cc(OC)c(OC)cc1OC. The number of nitrogens with zero attached hydrogens (tertiary/aromatic N) is 2. The number of ether oxygens (including phenoxy) is 3. The highest BCUT2D eigenvalue weighted by atomic mass is 16.5. The van der Waals surface area contributed by atoms with E-state index < -0.39 is 0 Å². The summed E-state index contributed by atoms with van der Waals surface area (Å²) in [5.41, 5.74) is 0.788. The van der Waals surface area contributed by atoms with Gasteiger partial charge in [-0.3, -0.25) is 4.90 Å². The molecule has 1 unspecified atom stereocenters. The first kappa shape index (κ1) is 16.1. The number of hydrogen-bond donors (Lipinski definition) is 0. The van der Waals surface area contributed by atoms with Gasteiger partial charge in [0.2, 0.25) is 0 Å². The first-order valence-electron chi connectivity index (χ1n) is 6.60. The van der Waals surface area contributed by atoms with Gasteiger partial charge in [0, 0.05) is 11.6 Å². The van der Waals surface area contributed by atoms with Gasteiger partial charge >= 0.3 is 0 Å². The van der Waals surface area contributed by atoms with Crippen LogP contribution in [0.25, 0.3) is 0 Å². The summed E-state index contributed by atoms with van der Waals surface area (Å²) in [5.74, 6) is 1.81. The van der Waals surface area contributed by atoms with Crippen LogP contribution in [-0.2, 0) is 0 Å². The molecule has 0 spiro atoms. The predicted octanol–water partition coefficient (Wildman–Crippen LogP) is 2.62. The Labute approximate surface area is 120 Å². The normalized spacial score (nSPS) is 11.8. The lowest BCUT2D eigenvalue weighted by Crippen LogP contribution is -2.27. The molecule has 0 N–H and O–H groups in total. The van der Waals surface area contributed by atoms with Gasteiger partial charge in [-0.05, 0) is 19.2 Å². The van der Waals surface area contributed by atoms with Crippen LogP contribution in [0.5, 0.6) is 17.2 Å². The number of hydrogen-bond acceptors (Lipinski definition) is 5. The molecule has 0 saturated heterocycles. The van der Waals surface area contributed by atoms with Gasteiger partial charge in [-0.1, -0.05) is 13.8 Å². The fraction of sp³-hybridized carbons (Fsp3) is 0.533. The summed E-state index contributed by atoms with van der Waals surface area (Å²) in [4.78, 5) is 2.06. The van der Waals surface area contributed by atoms with Crippen LogP contribution in [0, 0.1) is 11.3 Å². The Morgan fingerprint density at radius 2 is 1.50 bits per heavy atom. The molecule has 5 heteroatoms. The second-order valence-corrected chi connectivity index (χ2v) is 4.20. The summed E-state index contributed by atoms with van der Waals surface area (Å²) in [7, 11) is 4.73. The maximum Gasteiger partial charge on any atom is 0.164 e. The van der Waals surface area contributed by atoms with E-state index in [1.165, 1.54) is 0 Å². The van der Waals surface area contributed by atoms with Gasteiger partial charge in [-0.2, -0.15) is 5.26 Å². The van der Waals surface area contributed by atoms with Crippen LogP contribution >= 0.6 is 0 Å². The molecule has 1 atom stereocenters. The monoisotopic (exact) mass is 278 g/mol. The number of rotatable bonds is 7. The topological polar surface area (TPSA) is 54.7 Å². The molecule has 110 valence electrons. The van der Waals surface area contributed by atoms with Crippen LogP contribution in [0.15, 0.2) is 12.1 Å². The number of benzene rings is 1. The zero-order valence-corrected chi connectivity index (χ0v) is 12.8. The lowest BCUT2D eigenvalue weighted by Gasteiger charge is -2.26. The van der Waals surface area contributed by atoms with Crippen molar-refractivity contribution >= 4 is 0 Å². The molecule has 0 aliphatic heterocycles. The minimum Gasteiger partial charge on any atom is -0.496 e. The summed E-state index contributed by atoms with van der Waals surface area (Å²) in [6.07, 6.45) is 0. The van der Waals surface area contributed by atoms with Gasteiger partial charge in [-0.15, -0.1) is 0 Å². The van der Waals surface area contributed by atoms with Crippen molar-refractivity contribution in [2.75, 3.05) is 34.4 Å². The molecule has 0 radical (unpaired) electrons. The molecule has 20 heavy (non-hydrogen) atoms. The van der Waals surface area contributed by atoms with Crippen molar-refractivity contribution < 1.29 is 14.2 Å². The maximum atomic E-state index is 9.50. The van der Waals surface area contributed by atoms with Crippen LogP contribution in [0.2, 0.25) is 0 Å². The fourth-order valence-electron chi connectivity index (χ4n) is 2.20. The maximum absolute atomic E-state index is 9.50. The predicted molar refractivity (Wildman–Crippen MR) is 77.4 cm³/mol. The van der Waals surface area contributed by atoms with E-state index in [0.29, 0.717) is 17.2 Å². The smallest absolute Gasteiger partial charge is 0.164 e. The Kier molecular flexibility index (Phi) is 6.13. The Morgan fingerprint density at radius 3 is 1.90 bits per heavy atom. The van der Waals surface area contributed by atoms with Crippen molar-refractivity contribution in [3.63, 3.8) is 0 Å². The van der Waals surface area contributed by atoms with Crippen LogP contribution in [0.3, 0.4) is 0 Å². The highest BCUT2D eigenvalue weighted by Crippen LogP contribution is 2.38. The molecule has 0 saturated carbocycles. The summed E-state index contributed by atoms with van der Waals surface area (Å²) < 4.78 is 16.0. The van der Waals surface area contributed by atoms with E-state index in [1.54, 1.807) is 27.4 Å². The van der Waals surface area contributed by atoms with Crippen molar-refractivity contribution in [3.8, 4) is 23.3 Å². The van der Waals surface area contributed by atoms with E-state index in [0.717, 1.165) is 18.7 Å². The molecule has 0 aromatic heterocycles. The Morgan fingerprint density at radius 1 is 1.00 bits per heavy atom. The van der Waals surface area contributed by atoms with Crippen molar-refractivity contribution in [2.45, 2.75) is 19.9 Å². The second kappa shape index (κ2) is 7.61. The molecule has 0 fully saturated rings. The van der Waals surface area contributed by atoms with Crippen LogP contribution in [0.4, 0.5) is 0 Å². The summed E-state index contributed by atoms with van der Waals surface area (Å²) >= 11 is 0. The first-order chi connectivity index (χ1) is 9.66. The fourth-order valence-corrected chi connectivity index (χ4v) is 2.20. The second-order valence-electron chi connectivity index (χ2n) is 4.20. The van der Waals surface area contributed by atoms with Crippen LogP contribution in [0.1, 0.15) is 25.5 Å². The minimum absolute atomic E-state index is 0.375. The van der Waals surface area contributed by atoms with E-state index >= 15 is 0 Å². The van der Waals surface area contributed by atoms with E-state index in [2.05, 4.69) is 11.0 Å². The van der Waals surface area contributed by atoms with E-state index in [1.807, 2.05) is 19.9 Å². The zero-order valence-electron chi connectivity index (χ0n) is 12.8. The third-order valence-corrected chi connectivity index (χ3v) is 3.33. The lowest BCUT2D eigenvalue weighted by molar-refractivity contribution is 0.255. The lowest BCUT2D eigenvalue weighted by atomic mass is 10.0. The quantitative estimate of drug-likeness (QED) is 0.767. The molecule has 0 aliphatic rings. The van der Waals surface area contributed by atoms with Gasteiger partial charge < -0.3 is 14.2 Å². The molecule has 0 heterocycles. The van der Waals surface area contributed by atoms with Gasteiger partial charge in [-0.25, -0.2) is 0 Å². The average molecular weight is 278 g/mol. The Bertz CT molecular complexity index is 479. The van der Waals surface area contributed by atoms with Gasteiger partial charge in [0.15, 0.2) is 11.5 Å². The van der Waals surface area contributed by atoms with Gasteiger partial charge in [0.1, 0.15) is 11.8 Å². The van der Waals surface area contributed by atoms with Gasteiger partial charge in [0.05, 0.1) is 27.4 Å². The van der Waals surface area contributed by atoms with E-state index in [4.69, 9.17) is 14.2 Å². The molecular formula is C15H22N2O3. The molecular weight excluding hydrogens is 256 g/mol. The van der Waals surface area contributed by atoms with Crippen molar-refractivity contribution in [3.05, 3.63) is 17.7 Å². The summed E-state index contributed by atoms with van der Waals surface area (Å²) in [5, 5.41) is 9.50.